The highest BCUT2D eigenvalue weighted by molar-refractivity contribution is 6.02. The van der Waals surface area contributed by atoms with Crippen LogP contribution in [0.1, 0.15) is 56.5 Å². The smallest absolute Gasteiger partial charge is 0.249 e. The second kappa shape index (κ2) is 10.5. The lowest BCUT2D eigenvalue weighted by Gasteiger charge is -2.20. The lowest BCUT2D eigenvalue weighted by molar-refractivity contribution is -0.119. The van der Waals surface area contributed by atoms with Gasteiger partial charge < -0.3 is 5.32 Å². The van der Waals surface area contributed by atoms with Gasteiger partial charge in [0.1, 0.15) is 6.04 Å². The molecule has 3 aromatic carbocycles. The van der Waals surface area contributed by atoms with Gasteiger partial charge in [0, 0.05) is 35.3 Å². The van der Waals surface area contributed by atoms with Crippen molar-refractivity contribution >= 4 is 17.4 Å². The molecular weight excluding hydrogens is 434 g/mol. The molecule has 1 heterocycles. The minimum Gasteiger partial charge on any atom is -0.324 e. The van der Waals surface area contributed by atoms with Gasteiger partial charge in [-0.25, -0.2) is 0 Å². The van der Waals surface area contributed by atoms with E-state index in [0.717, 1.165) is 40.2 Å². The Bertz CT molecular complexity index is 1340. The highest BCUT2D eigenvalue weighted by Gasteiger charge is 2.28. The first-order valence-corrected chi connectivity index (χ1v) is 11.9. The van der Waals surface area contributed by atoms with Gasteiger partial charge in [0.15, 0.2) is 5.78 Å². The number of aromatic nitrogens is 2. The quantitative estimate of drug-likeness (QED) is 0.317. The number of carbonyl (C=O) groups is 2. The summed E-state index contributed by atoms with van der Waals surface area (Å²) in [6.45, 7) is 7.92. The summed E-state index contributed by atoms with van der Waals surface area (Å²) in [5.41, 5.74) is 7.44. The third-order valence-corrected chi connectivity index (χ3v) is 6.41. The molecule has 178 valence electrons. The van der Waals surface area contributed by atoms with E-state index >= 15 is 0 Å². The van der Waals surface area contributed by atoms with E-state index < -0.39 is 6.04 Å². The molecule has 0 bridgehead atoms. The molecule has 0 fully saturated rings. The number of benzene rings is 3. The molecule has 1 atom stereocenters. The number of ketones is 1. The van der Waals surface area contributed by atoms with Crippen LogP contribution in [0.25, 0.3) is 0 Å². The largest absolute Gasteiger partial charge is 0.324 e. The monoisotopic (exact) mass is 465 g/mol. The average Bonchev–Trinajstić information content (AvgIpc) is 3.13. The zero-order valence-corrected chi connectivity index (χ0v) is 20.7. The molecule has 4 rings (SSSR count). The summed E-state index contributed by atoms with van der Waals surface area (Å²) in [5, 5.41) is 7.80. The summed E-state index contributed by atoms with van der Waals surface area (Å²) in [5.74, 6) is -0.346. The van der Waals surface area contributed by atoms with E-state index in [4.69, 9.17) is 5.10 Å². The van der Waals surface area contributed by atoms with Crippen molar-refractivity contribution < 1.29 is 9.59 Å². The van der Waals surface area contributed by atoms with E-state index in [2.05, 4.69) is 17.4 Å². The molecule has 0 spiro atoms. The molecule has 0 radical (unpaired) electrons. The Morgan fingerprint density at radius 1 is 0.886 bits per heavy atom. The first-order chi connectivity index (χ1) is 16.8. The van der Waals surface area contributed by atoms with Crippen LogP contribution in [-0.2, 0) is 11.2 Å². The van der Waals surface area contributed by atoms with Gasteiger partial charge in [-0.1, -0.05) is 78.4 Å². The predicted octanol–water partition coefficient (Wildman–Crippen LogP) is 6.16. The van der Waals surface area contributed by atoms with Gasteiger partial charge in [0.2, 0.25) is 5.91 Å². The van der Waals surface area contributed by atoms with Crippen LogP contribution in [0.5, 0.6) is 0 Å². The predicted molar refractivity (Wildman–Crippen MR) is 140 cm³/mol. The number of aryl methyl sites for hydroxylation is 3. The number of rotatable bonds is 8. The van der Waals surface area contributed by atoms with Crippen molar-refractivity contribution in [1.29, 1.82) is 0 Å². The minimum atomic E-state index is -0.772. The maximum atomic E-state index is 13.6. The first kappa shape index (κ1) is 24.1. The number of amides is 1. The van der Waals surface area contributed by atoms with Crippen LogP contribution in [0, 0.1) is 27.7 Å². The van der Waals surface area contributed by atoms with Crippen molar-refractivity contribution in [3.63, 3.8) is 0 Å². The minimum absolute atomic E-state index is 0.0213. The molecule has 4 aromatic rings. The Hall–Kier alpha value is -3.99. The van der Waals surface area contributed by atoms with E-state index in [1.807, 2.05) is 82.3 Å². The van der Waals surface area contributed by atoms with Gasteiger partial charge in [0.05, 0.1) is 5.69 Å². The molecule has 0 saturated carbocycles. The van der Waals surface area contributed by atoms with Crippen LogP contribution in [0.2, 0.25) is 0 Å². The molecule has 1 amide bonds. The summed E-state index contributed by atoms with van der Waals surface area (Å²) in [7, 11) is 0. The van der Waals surface area contributed by atoms with E-state index in [0.29, 0.717) is 5.56 Å². The third kappa shape index (κ3) is 5.57. The van der Waals surface area contributed by atoms with Gasteiger partial charge >= 0.3 is 0 Å². The van der Waals surface area contributed by atoms with Crippen LogP contribution in [0.3, 0.4) is 0 Å². The number of nitrogens with zero attached hydrogens (tertiary/aromatic N) is 2. The van der Waals surface area contributed by atoms with Gasteiger partial charge in [-0.3, -0.25) is 14.3 Å². The molecule has 0 aliphatic carbocycles. The maximum Gasteiger partial charge on any atom is 0.249 e. The molecule has 0 saturated heterocycles. The Balaban J connectivity index is 1.69. The SMILES string of the molecule is Cc1ccc(NC(=O)C(CC(=O)c2ccccc2)n2nc(C)c(Cc3ccccc3)c2C)c(C)c1. The van der Waals surface area contributed by atoms with E-state index in [1.54, 1.807) is 16.8 Å². The molecule has 1 unspecified atom stereocenters. The van der Waals surface area contributed by atoms with Crippen molar-refractivity contribution in [2.75, 3.05) is 5.32 Å². The van der Waals surface area contributed by atoms with Crippen LogP contribution < -0.4 is 5.32 Å². The highest BCUT2D eigenvalue weighted by atomic mass is 16.2. The molecule has 5 heteroatoms. The molecule has 35 heavy (non-hydrogen) atoms. The number of nitrogens with one attached hydrogen (secondary N) is 1. The summed E-state index contributed by atoms with van der Waals surface area (Å²) < 4.78 is 1.73. The Kier molecular flexibility index (Phi) is 7.25. The number of carbonyl (C=O) groups excluding carboxylic acids is 2. The normalized spacial score (nSPS) is 11.8. The summed E-state index contributed by atoms with van der Waals surface area (Å²) in [4.78, 5) is 26.8. The second-order valence-corrected chi connectivity index (χ2v) is 9.07. The third-order valence-electron chi connectivity index (χ3n) is 6.41. The summed E-state index contributed by atoms with van der Waals surface area (Å²) in [6.07, 6.45) is 0.740. The topological polar surface area (TPSA) is 64.0 Å². The molecule has 1 aromatic heterocycles. The molecule has 0 aliphatic heterocycles. The fraction of sp³-hybridized carbons (Fsp3) is 0.233. The van der Waals surface area contributed by atoms with Gasteiger partial charge in [-0.15, -0.1) is 0 Å². The number of Topliss-reactive ketones (excluding diaryl/α,β-unsaturated/α-hetero) is 1. The van der Waals surface area contributed by atoms with Gasteiger partial charge in [0.25, 0.3) is 0 Å². The van der Waals surface area contributed by atoms with Crippen molar-refractivity contribution in [2.45, 2.75) is 46.6 Å². The van der Waals surface area contributed by atoms with Crippen molar-refractivity contribution in [3.05, 3.63) is 118 Å². The zero-order chi connectivity index (χ0) is 24.9. The van der Waals surface area contributed by atoms with Gasteiger partial charge in [-0.2, -0.15) is 5.10 Å². The Morgan fingerprint density at radius 3 is 2.20 bits per heavy atom. The molecular formula is C30H31N3O2. The number of anilines is 1. The fourth-order valence-corrected chi connectivity index (χ4v) is 4.43. The standard InChI is InChI=1S/C30H31N3O2/c1-20-15-16-27(21(2)17-20)31-30(35)28(19-29(34)25-13-9-6-10-14-25)33-23(4)26(22(3)32-33)18-24-11-7-5-8-12-24/h5-17,28H,18-19H2,1-4H3,(H,31,35). The summed E-state index contributed by atoms with van der Waals surface area (Å²) >= 11 is 0. The maximum absolute atomic E-state index is 13.6. The summed E-state index contributed by atoms with van der Waals surface area (Å²) in [6, 6.07) is 24.4. The van der Waals surface area contributed by atoms with Gasteiger partial charge in [-0.05, 0) is 44.9 Å². The van der Waals surface area contributed by atoms with Crippen LogP contribution >= 0.6 is 0 Å². The zero-order valence-electron chi connectivity index (χ0n) is 20.7. The average molecular weight is 466 g/mol. The van der Waals surface area contributed by atoms with E-state index in [9.17, 15) is 9.59 Å². The van der Waals surface area contributed by atoms with Crippen LogP contribution in [0.15, 0.2) is 78.9 Å². The number of hydrogen-bond donors (Lipinski definition) is 1. The van der Waals surface area contributed by atoms with E-state index in [-0.39, 0.29) is 18.1 Å². The fourth-order valence-electron chi connectivity index (χ4n) is 4.43. The second-order valence-electron chi connectivity index (χ2n) is 9.07. The van der Waals surface area contributed by atoms with Crippen LogP contribution in [0.4, 0.5) is 5.69 Å². The molecule has 5 nitrogen and oxygen atoms in total. The first-order valence-electron chi connectivity index (χ1n) is 11.9. The van der Waals surface area contributed by atoms with Crippen molar-refractivity contribution in [2.24, 2.45) is 0 Å². The lowest BCUT2D eigenvalue weighted by atomic mass is 10.0. The molecule has 0 aliphatic rings. The highest BCUT2D eigenvalue weighted by Crippen LogP contribution is 2.26. The van der Waals surface area contributed by atoms with Crippen molar-refractivity contribution in [3.8, 4) is 0 Å². The molecule has 1 N–H and O–H groups in total. The van der Waals surface area contributed by atoms with Crippen molar-refractivity contribution in [1.82, 2.24) is 9.78 Å². The number of hydrogen-bond acceptors (Lipinski definition) is 3. The lowest BCUT2D eigenvalue weighted by Crippen LogP contribution is -2.30. The Morgan fingerprint density at radius 2 is 1.54 bits per heavy atom. The van der Waals surface area contributed by atoms with Crippen LogP contribution in [-0.4, -0.2) is 21.5 Å². The van der Waals surface area contributed by atoms with E-state index in [1.165, 1.54) is 5.56 Å². The Labute approximate surface area is 206 Å².